The lowest BCUT2D eigenvalue weighted by atomic mass is 9.93. The minimum absolute atomic E-state index is 0.0606. The van der Waals surface area contributed by atoms with E-state index in [9.17, 15) is 24.6 Å². The van der Waals surface area contributed by atoms with Gasteiger partial charge in [0.25, 0.3) is 0 Å². The number of aliphatic hydroxyl groups excluding tert-OH is 1. The summed E-state index contributed by atoms with van der Waals surface area (Å²) in [5.41, 5.74) is 7.72. The molecule has 6 N–H and O–H groups in total. The van der Waals surface area contributed by atoms with Crippen molar-refractivity contribution in [2.24, 2.45) is 11.7 Å². The van der Waals surface area contributed by atoms with Crippen LogP contribution in [0.3, 0.4) is 0 Å². The highest BCUT2D eigenvalue weighted by Crippen LogP contribution is 2.34. The molecule has 0 unspecified atom stereocenters. The van der Waals surface area contributed by atoms with Crippen molar-refractivity contribution < 1.29 is 29.7 Å². The van der Waals surface area contributed by atoms with Crippen LogP contribution >= 0.6 is 0 Å². The number of aromatic hydroxyl groups is 2. The number of aryl methyl sites for hydroxylation is 1. The van der Waals surface area contributed by atoms with Gasteiger partial charge in [0.15, 0.2) is 0 Å². The maximum atomic E-state index is 12.5. The van der Waals surface area contributed by atoms with Gasteiger partial charge in [-0.15, -0.1) is 0 Å². The number of carbonyl (C=O) groups excluding carboxylic acids is 3. The zero-order chi connectivity index (χ0) is 31.7. The number of urea groups is 1. The number of aromatic nitrogens is 1. The average Bonchev–Trinajstić information content (AvgIpc) is 3.39. The monoisotopic (exact) mass is 593 g/mol. The first-order valence-corrected chi connectivity index (χ1v) is 14.6. The van der Waals surface area contributed by atoms with Crippen molar-refractivity contribution in [2.75, 3.05) is 25.1 Å². The zero-order valence-corrected chi connectivity index (χ0v) is 25.1. The van der Waals surface area contributed by atoms with Crippen LogP contribution in [0.4, 0.5) is 10.5 Å². The number of hydrogen-bond acceptors (Lipinski definition) is 7. The van der Waals surface area contributed by atoms with E-state index in [0.717, 1.165) is 68.1 Å². The molecule has 2 aromatic carbocycles. The normalized spacial score (nSPS) is 13.5. The number of carbonyl (C=O) groups is 3. The fraction of sp³-hybridized carbons (Fsp3) is 0.438. The molecule has 1 aromatic heterocycles. The van der Waals surface area contributed by atoms with Gasteiger partial charge in [0.2, 0.25) is 5.91 Å². The number of amidine groups is 1. The SMILES string of the molecule is CC(C)c1cc(C(=N)N(C(N)=O)c2ccc3c(ccn3CCC3CCN(C(=O)CCCC=O)CC3)c2)c(O)cc1O.CO. The molecule has 43 heavy (non-hydrogen) atoms. The molecule has 232 valence electrons. The van der Waals surface area contributed by atoms with Crippen LogP contribution in [0.1, 0.15) is 69.4 Å². The second-order valence-corrected chi connectivity index (χ2v) is 11.0. The van der Waals surface area contributed by atoms with Crippen molar-refractivity contribution in [1.82, 2.24) is 9.47 Å². The Labute approximate surface area is 252 Å². The summed E-state index contributed by atoms with van der Waals surface area (Å²) < 4.78 is 2.16. The molecule has 1 aliphatic heterocycles. The van der Waals surface area contributed by atoms with Crippen LogP contribution in [0.5, 0.6) is 11.5 Å². The molecule has 0 aliphatic carbocycles. The fourth-order valence-corrected chi connectivity index (χ4v) is 5.54. The van der Waals surface area contributed by atoms with Gasteiger partial charge in [-0.1, -0.05) is 13.8 Å². The molecule has 4 rings (SSSR count). The highest BCUT2D eigenvalue weighted by Gasteiger charge is 2.25. The average molecular weight is 594 g/mol. The molecule has 0 radical (unpaired) electrons. The Morgan fingerprint density at radius 3 is 2.42 bits per heavy atom. The Morgan fingerprint density at radius 2 is 1.79 bits per heavy atom. The van der Waals surface area contributed by atoms with Crippen molar-refractivity contribution >= 4 is 40.7 Å². The smallest absolute Gasteiger partial charge is 0.325 e. The molecule has 1 saturated heterocycles. The molecule has 3 amide bonds. The molecular formula is C32H43N5O6. The van der Waals surface area contributed by atoms with E-state index in [1.165, 1.54) is 12.1 Å². The topological polar surface area (TPSA) is 173 Å². The summed E-state index contributed by atoms with van der Waals surface area (Å²) in [4.78, 5) is 38.3. The minimum atomic E-state index is -0.860. The highest BCUT2D eigenvalue weighted by atomic mass is 16.3. The quantitative estimate of drug-likeness (QED) is 0.0987. The molecule has 1 fully saturated rings. The summed E-state index contributed by atoms with van der Waals surface area (Å²) in [6, 6.07) is 9.20. The van der Waals surface area contributed by atoms with Crippen LogP contribution < -0.4 is 10.6 Å². The van der Waals surface area contributed by atoms with Gasteiger partial charge in [-0.25, -0.2) is 9.69 Å². The standard InChI is InChI=1S/C31H39N5O5.CH4O/c1-20(2)24-18-25(28(39)19-27(24)38)30(32)36(31(33)41)23-6-7-26-22(17-23)11-15-34(26)12-8-21-9-13-35(14-10-21)29(40)5-3-4-16-37;1-2/h6-7,11,15-21,32,38-39H,3-5,8-10,12-14H2,1-2H3,(H2,33,41);2H,1H3. The number of anilines is 1. The predicted molar refractivity (Wildman–Crippen MR) is 167 cm³/mol. The van der Waals surface area contributed by atoms with Gasteiger partial charge < -0.3 is 35.3 Å². The van der Waals surface area contributed by atoms with Crippen molar-refractivity contribution in [3.05, 3.63) is 53.7 Å². The number of benzene rings is 2. The van der Waals surface area contributed by atoms with Crippen LogP contribution in [0.15, 0.2) is 42.6 Å². The molecule has 0 saturated carbocycles. The molecule has 1 aliphatic rings. The number of rotatable bonds is 10. The van der Waals surface area contributed by atoms with Gasteiger partial charge in [-0.2, -0.15) is 0 Å². The van der Waals surface area contributed by atoms with Gasteiger partial charge >= 0.3 is 6.03 Å². The van der Waals surface area contributed by atoms with E-state index in [-0.39, 0.29) is 34.7 Å². The lowest BCUT2D eigenvalue weighted by molar-refractivity contribution is -0.132. The van der Waals surface area contributed by atoms with Crippen LogP contribution in [0.25, 0.3) is 10.9 Å². The summed E-state index contributed by atoms with van der Waals surface area (Å²) in [5.74, 6) is -0.0864. The number of hydrogen-bond donors (Lipinski definition) is 5. The van der Waals surface area contributed by atoms with E-state index in [2.05, 4.69) is 4.57 Å². The number of unbranched alkanes of at least 4 members (excludes halogenated alkanes) is 1. The second kappa shape index (κ2) is 15.2. The molecule has 3 aromatic rings. The van der Waals surface area contributed by atoms with Crippen LogP contribution in [-0.4, -0.2) is 69.0 Å². The van der Waals surface area contributed by atoms with E-state index in [1.807, 2.05) is 37.1 Å². The number of piperidine rings is 1. The van der Waals surface area contributed by atoms with Gasteiger partial charge in [0, 0.05) is 62.8 Å². The lowest BCUT2D eigenvalue weighted by Crippen LogP contribution is -2.41. The number of likely N-dealkylation sites (tertiary alicyclic amines) is 1. The van der Waals surface area contributed by atoms with Gasteiger partial charge in [-0.05, 0) is 73.4 Å². The van der Waals surface area contributed by atoms with Crippen LogP contribution in [-0.2, 0) is 16.1 Å². The predicted octanol–water partition coefficient (Wildman–Crippen LogP) is 4.69. The number of phenols is 2. The summed E-state index contributed by atoms with van der Waals surface area (Å²) >= 11 is 0. The number of nitrogens with two attached hydrogens (primary N) is 1. The first-order chi connectivity index (χ1) is 20.6. The Balaban J connectivity index is 0.00000248. The number of fused-ring (bicyclic) bond motifs is 1. The molecule has 0 bridgehead atoms. The lowest BCUT2D eigenvalue weighted by Gasteiger charge is -2.32. The largest absolute Gasteiger partial charge is 0.508 e. The first-order valence-electron chi connectivity index (χ1n) is 14.6. The Morgan fingerprint density at radius 1 is 1.09 bits per heavy atom. The number of nitrogens with zero attached hydrogens (tertiary/aromatic N) is 3. The number of aldehydes is 1. The summed E-state index contributed by atoms with van der Waals surface area (Å²) in [5, 5.41) is 37.2. The first kappa shape index (κ1) is 33.1. The maximum absolute atomic E-state index is 12.5. The maximum Gasteiger partial charge on any atom is 0.325 e. The number of nitrogens with one attached hydrogen (secondary N) is 1. The van der Waals surface area contributed by atoms with Gasteiger partial charge in [0.05, 0.1) is 11.3 Å². The Hall–Kier alpha value is -4.38. The van der Waals surface area contributed by atoms with E-state index in [4.69, 9.17) is 16.2 Å². The third kappa shape index (κ3) is 7.92. The zero-order valence-electron chi connectivity index (χ0n) is 25.1. The molecule has 0 atom stereocenters. The van der Waals surface area contributed by atoms with E-state index in [0.29, 0.717) is 36.4 Å². The Kier molecular flexibility index (Phi) is 11.7. The van der Waals surface area contributed by atoms with Gasteiger partial charge in [-0.3, -0.25) is 10.2 Å². The fourth-order valence-electron chi connectivity index (χ4n) is 5.54. The highest BCUT2D eigenvalue weighted by molar-refractivity contribution is 6.22. The molecule has 11 heteroatoms. The third-order valence-electron chi connectivity index (χ3n) is 7.94. The number of phenolic OH excluding ortho intramolecular Hbond substituents is 2. The van der Waals surface area contributed by atoms with Crippen molar-refractivity contribution in [1.29, 1.82) is 5.41 Å². The molecule has 0 spiro atoms. The molecule has 2 heterocycles. The second-order valence-electron chi connectivity index (χ2n) is 11.0. The van der Waals surface area contributed by atoms with Crippen molar-refractivity contribution in [3.63, 3.8) is 0 Å². The number of primary amides is 1. The van der Waals surface area contributed by atoms with E-state index in [1.54, 1.807) is 12.1 Å². The number of aliphatic hydroxyl groups is 1. The third-order valence-corrected chi connectivity index (χ3v) is 7.94. The summed E-state index contributed by atoms with van der Waals surface area (Å²) in [6.07, 6.45) is 7.23. The van der Waals surface area contributed by atoms with E-state index >= 15 is 0 Å². The van der Waals surface area contributed by atoms with Gasteiger partial charge in [0.1, 0.15) is 23.6 Å². The minimum Gasteiger partial charge on any atom is -0.508 e. The Bertz CT molecular complexity index is 1440. The van der Waals surface area contributed by atoms with Crippen molar-refractivity contribution in [2.45, 2.75) is 64.8 Å². The molecule has 11 nitrogen and oxygen atoms in total. The van der Waals surface area contributed by atoms with Crippen LogP contribution in [0, 0.1) is 11.3 Å². The van der Waals surface area contributed by atoms with Crippen LogP contribution in [0.2, 0.25) is 0 Å². The summed E-state index contributed by atoms with van der Waals surface area (Å²) in [7, 11) is 1.00. The summed E-state index contributed by atoms with van der Waals surface area (Å²) in [6.45, 7) is 6.09. The molecular weight excluding hydrogens is 550 g/mol. The van der Waals surface area contributed by atoms with E-state index < -0.39 is 6.03 Å². The number of amides is 3. The van der Waals surface area contributed by atoms with Crippen molar-refractivity contribution in [3.8, 4) is 11.5 Å².